The van der Waals surface area contributed by atoms with Crippen molar-refractivity contribution in [1.82, 2.24) is 9.88 Å². The van der Waals surface area contributed by atoms with Crippen LogP contribution in [0.4, 0.5) is 9.18 Å². The Bertz CT molecular complexity index is 926. The minimum absolute atomic E-state index is 0.183. The van der Waals surface area contributed by atoms with Gasteiger partial charge in [0.15, 0.2) is 5.75 Å². The van der Waals surface area contributed by atoms with E-state index in [0.29, 0.717) is 42.6 Å². The smallest absolute Gasteiger partial charge is 0.410 e. The molecule has 1 aliphatic rings. The molecule has 1 aromatic carbocycles. The number of likely N-dealkylation sites (tertiary alicyclic amines) is 1. The molecule has 31 heavy (non-hydrogen) atoms. The van der Waals surface area contributed by atoms with E-state index in [1.807, 2.05) is 39.8 Å². The van der Waals surface area contributed by atoms with Gasteiger partial charge in [-0.1, -0.05) is 0 Å². The lowest BCUT2D eigenvalue weighted by Gasteiger charge is -2.34. The van der Waals surface area contributed by atoms with E-state index in [1.54, 1.807) is 17.9 Å². The van der Waals surface area contributed by atoms with Gasteiger partial charge in [-0.25, -0.2) is 14.2 Å². The molecule has 6 nitrogen and oxygen atoms in total. The van der Waals surface area contributed by atoms with E-state index < -0.39 is 5.60 Å². The lowest BCUT2D eigenvalue weighted by atomic mass is 9.99. The van der Waals surface area contributed by atoms with Crippen molar-refractivity contribution >= 4 is 6.09 Å². The Morgan fingerprint density at radius 3 is 2.65 bits per heavy atom. The standard InChI is InChI=1S/C24H31FN2O4/c1-16-13-19(25)9-11-20(16)30-22-21(10-8-17(2)26-22)29-15-18-7-6-12-27(14-18)23(28)31-24(3,4)5/h8-11,13,18H,6-7,12,14-15H2,1-5H3. The maximum atomic E-state index is 13.4. The van der Waals surface area contributed by atoms with Crippen LogP contribution in [0.1, 0.15) is 44.9 Å². The highest BCUT2D eigenvalue weighted by atomic mass is 19.1. The molecule has 1 fully saturated rings. The fourth-order valence-corrected chi connectivity index (χ4v) is 3.44. The van der Waals surface area contributed by atoms with E-state index in [9.17, 15) is 9.18 Å². The Morgan fingerprint density at radius 1 is 1.19 bits per heavy atom. The zero-order chi connectivity index (χ0) is 22.6. The molecule has 0 saturated carbocycles. The summed E-state index contributed by atoms with van der Waals surface area (Å²) in [5, 5.41) is 0. The molecule has 1 unspecified atom stereocenters. The molecule has 7 heteroatoms. The van der Waals surface area contributed by atoms with Gasteiger partial charge in [-0.15, -0.1) is 0 Å². The number of carbonyl (C=O) groups excluding carboxylic acids is 1. The second-order valence-corrected chi connectivity index (χ2v) is 9.01. The average Bonchev–Trinajstić information content (AvgIpc) is 2.68. The highest BCUT2D eigenvalue weighted by molar-refractivity contribution is 5.68. The van der Waals surface area contributed by atoms with E-state index in [2.05, 4.69) is 4.98 Å². The monoisotopic (exact) mass is 430 g/mol. The number of ether oxygens (including phenoxy) is 3. The first-order valence-electron chi connectivity index (χ1n) is 10.6. The fourth-order valence-electron chi connectivity index (χ4n) is 3.44. The number of rotatable bonds is 5. The van der Waals surface area contributed by atoms with Gasteiger partial charge in [-0.05, 0) is 83.4 Å². The Morgan fingerprint density at radius 2 is 1.94 bits per heavy atom. The SMILES string of the molecule is Cc1ccc(OCC2CCCN(C(=O)OC(C)(C)C)C2)c(Oc2ccc(F)cc2C)n1. The summed E-state index contributed by atoms with van der Waals surface area (Å²) < 4.78 is 30.9. The lowest BCUT2D eigenvalue weighted by molar-refractivity contribution is 0.0138. The van der Waals surface area contributed by atoms with Crippen molar-refractivity contribution in [2.24, 2.45) is 5.92 Å². The van der Waals surface area contributed by atoms with Gasteiger partial charge >= 0.3 is 6.09 Å². The van der Waals surface area contributed by atoms with E-state index in [4.69, 9.17) is 14.2 Å². The van der Waals surface area contributed by atoms with Gasteiger partial charge in [0.1, 0.15) is 17.2 Å². The summed E-state index contributed by atoms with van der Waals surface area (Å²) in [4.78, 5) is 18.6. The van der Waals surface area contributed by atoms with Crippen LogP contribution in [0, 0.1) is 25.6 Å². The summed E-state index contributed by atoms with van der Waals surface area (Å²) in [7, 11) is 0. The van der Waals surface area contributed by atoms with Crippen molar-refractivity contribution in [3.05, 3.63) is 47.4 Å². The maximum Gasteiger partial charge on any atom is 0.410 e. The molecule has 2 aromatic rings. The van der Waals surface area contributed by atoms with Crippen molar-refractivity contribution in [1.29, 1.82) is 0 Å². The third kappa shape index (κ3) is 6.57. The van der Waals surface area contributed by atoms with E-state index >= 15 is 0 Å². The predicted octanol–water partition coefficient (Wildman–Crippen LogP) is 5.66. The van der Waals surface area contributed by atoms with E-state index in [0.717, 1.165) is 18.5 Å². The van der Waals surface area contributed by atoms with Crippen LogP contribution in [0.3, 0.4) is 0 Å². The number of halogens is 1. The topological polar surface area (TPSA) is 60.9 Å². The van der Waals surface area contributed by atoms with Crippen molar-refractivity contribution in [3.63, 3.8) is 0 Å². The van der Waals surface area contributed by atoms with Gasteiger partial charge in [0.25, 0.3) is 5.88 Å². The Labute approximate surface area is 183 Å². The normalized spacial score (nSPS) is 16.7. The van der Waals surface area contributed by atoms with Crippen LogP contribution in [0.2, 0.25) is 0 Å². The maximum absolute atomic E-state index is 13.4. The Hall–Kier alpha value is -2.83. The van der Waals surface area contributed by atoms with Crippen LogP contribution in [-0.4, -0.2) is 41.3 Å². The van der Waals surface area contributed by atoms with Gasteiger partial charge in [0, 0.05) is 24.7 Å². The van der Waals surface area contributed by atoms with E-state index in [1.165, 1.54) is 12.1 Å². The average molecular weight is 431 g/mol. The Balaban J connectivity index is 1.65. The van der Waals surface area contributed by atoms with Crippen LogP contribution in [0.25, 0.3) is 0 Å². The molecule has 0 aliphatic carbocycles. The molecule has 168 valence electrons. The third-order valence-electron chi connectivity index (χ3n) is 4.95. The minimum Gasteiger partial charge on any atom is -0.488 e. The number of piperidine rings is 1. The number of hydrogen-bond acceptors (Lipinski definition) is 5. The molecule has 2 heterocycles. The summed E-state index contributed by atoms with van der Waals surface area (Å²) in [5.41, 5.74) is 0.948. The molecule has 0 N–H and O–H groups in total. The van der Waals surface area contributed by atoms with Crippen LogP contribution in [0.5, 0.6) is 17.4 Å². The largest absolute Gasteiger partial charge is 0.488 e. The zero-order valence-electron chi connectivity index (χ0n) is 18.9. The number of aryl methyl sites for hydroxylation is 2. The van der Waals surface area contributed by atoms with Crippen LogP contribution >= 0.6 is 0 Å². The molecule has 3 rings (SSSR count). The molecule has 1 saturated heterocycles. The Kier molecular flexibility index (Phi) is 7.03. The first-order valence-corrected chi connectivity index (χ1v) is 10.6. The number of pyridine rings is 1. The molecule has 1 aromatic heterocycles. The number of aromatic nitrogens is 1. The second-order valence-electron chi connectivity index (χ2n) is 9.01. The minimum atomic E-state index is -0.515. The molecular formula is C24H31FN2O4. The molecule has 1 atom stereocenters. The highest BCUT2D eigenvalue weighted by Gasteiger charge is 2.28. The summed E-state index contributed by atoms with van der Waals surface area (Å²) in [6.07, 6.45) is 1.58. The zero-order valence-corrected chi connectivity index (χ0v) is 18.9. The van der Waals surface area contributed by atoms with Crippen LogP contribution in [0.15, 0.2) is 30.3 Å². The first-order chi connectivity index (χ1) is 14.6. The van der Waals surface area contributed by atoms with E-state index in [-0.39, 0.29) is 17.8 Å². The van der Waals surface area contributed by atoms with Gasteiger partial charge in [0.2, 0.25) is 0 Å². The molecule has 1 aliphatic heterocycles. The summed E-state index contributed by atoms with van der Waals surface area (Å²) in [6, 6.07) is 8.03. The number of benzene rings is 1. The summed E-state index contributed by atoms with van der Waals surface area (Å²) in [5.74, 6) is 1.25. The van der Waals surface area contributed by atoms with Crippen LogP contribution in [-0.2, 0) is 4.74 Å². The number of hydrogen-bond donors (Lipinski definition) is 0. The number of carbonyl (C=O) groups is 1. The number of nitrogens with zero attached hydrogens (tertiary/aromatic N) is 2. The fraction of sp³-hybridized carbons (Fsp3) is 0.500. The van der Waals surface area contributed by atoms with Crippen molar-refractivity contribution in [2.45, 2.75) is 53.1 Å². The van der Waals surface area contributed by atoms with Gasteiger partial charge < -0.3 is 19.1 Å². The summed E-state index contributed by atoms with van der Waals surface area (Å²) >= 11 is 0. The highest BCUT2D eigenvalue weighted by Crippen LogP contribution is 2.32. The molecule has 1 amide bonds. The summed E-state index contributed by atoms with van der Waals surface area (Å²) in [6.45, 7) is 11.0. The van der Waals surface area contributed by atoms with Crippen LogP contribution < -0.4 is 9.47 Å². The third-order valence-corrected chi connectivity index (χ3v) is 4.95. The van der Waals surface area contributed by atoms with Gasteiger partial charge in [0.05, 0.1) is 6.61 Å². The second kappa shape index (κ2) is 9.54. The molecule has 0 bridgehead atoms. The van der Waals surface area contributed by atoms with Gasteiger partial charge in [-0.3, -0.25) is 0 Å². The van der Waals surface area contributed by atoms with Gasteiger partial charge in [-0.2, -0.15) is 0 Å². The van der Waals surface area contributed by atoms with Crippen molar-refractivity contribution < 1.29 is 23.4 Å². The predicted molar refractivity (Wildman–Crippen MR) is 116 cm³/mol. The quantitative estimate of drug-likeness (QED) is 0.613. The molecule has 0 spiro atoms. The molecule has 0 radical (unpaired) electrons. The molecular weight excluding hydrogens is 399 g/mol. The number of amides is 1. The first kappa shape index (κ1) is 22.8. The van der Waals surface area contributed by atoms with Crippen molar-refractivity contribution in [2.75, 3.05) is 19.7 Å². The van der Waals surface area contributed by atoms with Crippen molar-refractivity contribution in [3.8, 4) is 17.4 Å². The lowest BCUT2D eigenvalue weighted by Crippen LogP contribution is -2.44.